The van der Waals surface area contributed by atoms with Gasteiger partial charge in [0.15, 0.2) is 11.5 Å². The number of hydrogen-bond acceptors (Lipinski definition) is 4. The van der Waals surface area contributed by atoms with Crippen LogP contribution in [0, 0.1) is 6.92 Å². The molecule has 0 fully saturated rings. The molecule has 1 aliphatic rings. The first-order chi connectivity index (χ1) is 13.9. The zero-order chi connectivity index (χ0) is 20.5. The molecule has 1 N–H and O–H groups in total. The van der Waals surface area contributed by atoms with Gasteiger partial charge in [-0.1, -0.05) is 60.2 Å². The molecule has 29 heavy (non-hydrogen) atoms. The van der Waals surface area contributed by atoms with Gasteiger partial charge >= 0.3 is 11.9 Å². The molecule has 4 rings (SSSR count). The Kier molecular flexibility index (Phi) is 4.66. The normalized spacial score (nSPS) is 18.6. The van der Waals surface area contributed by atoms with Crippen molar-refractivity contribution in [2.45, 2.75) is 18.8 Å². The minimum Gasteiger partial charge on any atom is -0.449 e. The Bertz CT molecular complexity index is 1030. The number of para-hydroxylation sites is 2. The van der Waals surface area contributed by atoms with Gasteiger partial charge in [-0.2, -0.15) is 18.2 Å². The van der Waals surface area contributed by atoms with Gasteiger partial charge in [-0.3, -0.25) is 0 Å². The molecule has 148 valence electrons. The molecule has 0 bridgehead atoms. The highest BCUT2D eigenvalue weighted by molar-refractivity contribution is 5.91. The molecule has 1 aliphatic heterocycles. The third-order valence-electron chi connectivity index (χ3n) is 4.42. The van der Waals surface area contributed by atoms with Crippen LogP contribution in [-0.2, 0) is 5.72 Å². The SMILES string of the molecule is Cc1ccc(NC2=N[C@@](c3ccccc3)(C(F)(F)F)Oc3ccccc3O2)cc1. The van der Waals surface area contributed by atoms with E-state index in [-0.39, 0.29) is 23.1 Å². The highest BCUT2D eigenvalue weighted by Gasteiger charge is 2.61. The van der Waals surface area contributed by atoms with E-state index in [4.69, 9.17) is 9.47 Å². The van der Waals surface area contributed by atoms with Crippen LogP contribution in [0.25, 0.3) is 0 Å². The molecule has 0 unspecified atom stereocenters. The van der Waals surface area contributed by atoms with E-state index in [0.29, 0.717) is 5.69 Å². The lowest BCUT2D eigenvalue weighted by Gasteiger charge is -2.31. The highest BCUT2D eigenvalue weighted by atomic mass is 19.4. The van der Waals surface area contributed by atoms with Crippen LogP contribution in [-0.4, -0.2) is 12.2 Å². The average Bonchev–Trinajstić information content (AvgIpc) is 2.87. The smallest absolute Gasteiger partial charge is 0.449 e. The van der Waals surface area contributed by atoms with E-state index in [1.54, 1.807) is 30.3 Å². The lowest BCUT2D eigenvalue weighted by molar-refractivity contribution is -0.251. The third kappa shape index (κ3) is 3.63. The molecule has 0 spiro atoms. The number of hydrogen-bond donors (Lipinski definition) is 1. The second kappa shape index (κ2) is 7.16. The summed E-state index contributed by atoms with van der Waals surface area (Å²) >= 11 is 0. The Labute approximate surface area is 165 Å². The summed E-state index contributed by atoms with van der Waals surface area (Å²) < 4.78 is 54.4. The van der Waals surface area contributed by atoms with Crippen LogP contribution in [0.4, 0.5) is 18.9 Å². The van der Waals surface area contributed by atoms with Gasteiger partial charge in [-0.05, 0) is 31.2 Å². The Morgan fingerprint density at radius 2 is 1.45 bits per heavy atom. The summed E-state index contributed by atoms with van der Waals surface area (Å²) in [6.45, 7) is 1.91. The van der Waals surface area contributed by atoms with Gasteiger partial charge in [0.1, 0.15) is 0 Å². The van der Waals surface area contributed by atoms with Gasteiger partial charge in [-0.25, -0.2) is 0 Å². The zero-order valence-electron chi connectivity index (χ0n) is 15.4. The van der Waals surface area contributed by atoms with Crippen molar-refractivity contribution >= 4 is 11.7 Å². The Morgan fingerprint density at radius 3 is 2.10 bits per heavy atom. The van der Waals surface area contributed by atoms with E-state index in [1.165, 1.54) is 36.4 Å². The molecule has 4 nitrogen and oxygen atoms in total. The lowest BCUT2D eigenvalue weighted by atomic mass is 10.0. The topological polar surface area (TPSA) is 42.9 Å². The predicted molar refractivity (Wildman–Crippen MR) is 104 cm³/mol. The monoisotopic (exact) mass is 398 g/mol. The standard InChI is InChI=1S/C22H17F3N2O2/c1-15-11-13-17(14-12-15)26-20-27-21(22(23,24)25,16-7-3-2-4-8-16)29-19-10-6-5-9-18(19)28-20/h2-14H,1H3,(H,26,27)/t21-/m1/s1. The molecular weight excluding hydrogens is 381 g/mol. The number of anilines is 1. The molecule has 1 heterocycles. The summed E-state index contributed by atoms with van der Waals surface area (Å²) in [5.74, 6) is 0.0750. The maximum Gasteiger partial charge on any atom is 0.455 e. The van der Waals surface area contributed by atoms with E-state index in [2.05, 4.69) is 10.3 Å². The van der Waals surface area contributed by atoms with E-state index in [1.807, 2.05) is 19.1 Å². The summed E-state index contributed by atoms with van der Waals surface area (Å²) in [6.07, 6.45) is -4.85. The number of halogens is 3. The first-order valence-corrected chi connectivity index (χ1v) is 8.89. The summed E-state index contributed by atoms with van der Waals surface area (Å²) in [4.78, 5) is 3.92. The summed E-state index contributed by atoms with van der Waals surface area (Å²) in [5.41, 5.74) is -1.57. The average molecular weight is 398 g/mol. The Hall–Kier alpha value is -3.48. The molecule has 3 aromatic rings. The quantitative estimate of drug-likeness (QED) is 0.607. The minimum atomic E-state index is -4.85. The first kappa shape index (κ1) is 18.9. The number of aliphatic imine (C=N–C) groups is 1. The number of aryl methyl sites for hydroxylation is 1. The van der Waals surface area contributed by atoms with E-state index in [0.717, 1.165) is 5.56 Å². The number of alkyl halides is 3. The van der Waals surface area contributed by atoms with Crippen molar-refractivity contribution in [2.24, 2.45) is 4.99 Å². The molecule has 7 heteroatoms. The minimum absolute atomic E-state index is 0.0573. The Balaban J connectivity index is 1.88. The van der Waals surface area contributed by atoms with Crippen molar-refractivity contribution < 1.29 is 22.6 Å². The second-order valence-corrected chi connectivity index (χ2v) is 6.57. The number of benzene rings is 3. The van der Waals surface area contributed by atoms with Gasteiger partial charge in [0, 0.05) is 11.3 Å². The van der Waals surface area contributed by atoms with E-state index >= 15 is 0 Å². The van der Waals surface area contributed by atoms with Crippen LogP contribution in [0.2, 0.25) is 0 Å². The highest BCUT2D eigenvalue weighted by Crippen LogP contribution is 2.47. The van der Waals surface area contributed by atoms with Crippen molar-refractivity contribution in [3.63, 3.8) is 0 Å². The molecule has 1 atom stereocenters. The van der Waals surface area contributed by atoms with E-state index < -0.39 is 11.9 Å². The summed E-state index contributed by atoms with van der Waals surface area (Å²) in [6, 6.07) is 20.3. The van der Waals surface area contributed by atoms with Gasteiger partial charge < -0.3 is 14.8 Å². The number of amidine groups is 1. The fourth-order valence-corrected chi connectivity index (χ4v) is 2.96. The number of ether oxygens (including phenoxy) is 2. The zero-order valence-corrected chi connectivity index (χ0v) is 15.4. The van der Waals surface area contributed by atoms with Gasteiger partial charge in [0.05, 0.1) is 0 Å². The fourth-order valence-electron chi connectivity index (χ4n) is 2.96. The fraction of sp³-hybridized carbons (Fsp3) is 0.136. The van der Waals surface area contributed by atoms with Crippen LogP contribution in [0.1, 0.15) is 11.1 Å². The van der Waals surface area contributed by atoms with Crippen LogP contribution in [0.3, 0.4) is 0 Å². The van der Waals surface area contributed by atoms with Crippen molar-refractivity contribution in [3.05, 3.63) is 90.0 Å². The summed E-state index contributed by atoms with van der Waals surface area (Å²) in [7, 11) is 0. The molecule has 0 amide bonds. The Morgan fingerprint density at radius 1 is 0.828 bits per heavy atom. The largest absolute Gasteiger partial charge is 0.455 e. The van der Waals surface area contributed by atoms with Gasteiger partial charge in [0.2, 0.25) is 0 Å². The van der Waals surface area contributed by atoms with Crippen molar-refractivity contribution in [1.82, 2.24) is 0 Å². The predicted octanol–water partition coefficient (Wildman–Crippen LogP) is 5.65. The number of nitrogens with zero attached hydrogens (tertiary/aromatic N) is 1. The van der Waals surface area contributed by atoms with Crippen molar-refractivity contribution in [2.75, 3.05) is 5.32 Å². The van der Waals surface area contributed by atoms with Crippen LogP contribution in [0.15, 0.2) is 83.9 Å². The van der Waals surface area contributed by atoms with Gasteiger partial charge in [0.25, 0.3) is 6.02 Å². The molecule has 0 aliphatic carbocycles. The van der Waals surface area contributed by atoms with Crippen molar-refractivity contribution in [3.8, 4) is 11.5 Å². The van der Waals surface area contributed by atoms with Crippen LogP contribution < -0.4 is 14.8 Å². The van der Waals surface area contributed by atoms with Crippen LogP contribution >= 0.6 is 0 Å². The lowest BCUT2D eigenvalue weighted by Crippen LogP contribution is -2.46. The van der Waals surface area contributed by atoms with Crippen LogP contribution in [0.5, 0.6) is 11.5 Å². The molecule has 3 aromatic carbocycles. The number of fused-ring (bicyclic) bond motifs is 1. The molecule has 0 saturated heterocycles. The third-order valence-corrected chi connectivity index (χ3v) is 4.42. The van der Waals surface area contributed by atoms with Crippen molar-refractivity contribution in [1.29, 1.82) is 0 Å². The molecular formula is C22H17F3N2O2. The van der Waals surface area contributed by atoms with E-state index in [9.17, 15) is 13.2 Å². The first-order valence-electron chi connectivity index (χ1n) is 8.89. The maximum absolute atomic E-state index is 14.4. The summed E-state index contributed by atoms with van der Waals surface area (Å²) in [5, 5.41) is 2.83. The number of nitrogens with one attached hydrogen (secondary N) is 1. The molecule has 0 radical (unpaired) electrons. The van der Waals surface area contributed by atoms with Gasteiger partial charge in [-0.15, -0.1) is 0 Å². The number of rotatable bonds is 2. The molecule has 0 aromatic heterocycles. The molecule has 0 saturated carbocycles. The maximum atomic E-state index is 14.4. The second-order valence-electron chi connectivity index (χ2n) is 6.57.